The predicted octanol–water partition coefficient (Wildman–Crippen LogP) is 16.8. The molecule has 48 heavy (non-hydrogen) atoms. The lowest BCUT2D eigenvalue weighted by molar-refractivity contribution is -0.120. The summed E-state index contributed by atoms with van der Waals surface area (Å²) < 4.78 is 0. The molecule has 0 aromatic rings. The van der Waals surface area contributed by atoms with Crippen LogP contribution in [0.4, 0.5) is 0 Å². The topological polar surface area (TPSA) is 34.1 Å². The van der Waals surface area contributed by atoms with Crippen molar-refractivity contribution in [3.63, 3.8) is 0 Å². The van der Waals surface area contributed by atoms with E-state index in [0.717, 1.165) is 51.4 Å². The van der Waals surface area contributed by atoms with Crippen LogP contribution in [0.5, 0.6) is 0 Å². The van der Waals surface area contributed by atoms with Gasteiger partial charge in [-0.3, -0.25) is 9.59 Å². The zero-order valence-corrected chi connectivity index (χ0v) is 34.1. The summed E-state index contributed by atoms with van der Waals surface area (Å²) in [4.78, 5) is 23.7. The van der Waals surface area contributed by atoms with Crippen LogP contribution in [0.3, 0.4) is 0 Å². The number of hydrogen-bond acceptors (Lipinski definition) is 2. The van der Waals surface area contributed by atoms with Gasteiger partial charge in [-0.1, -0.05) is 233 Å². The van der Waals surface area contributed by atoms with E-state index in [9.17, 15) is 9.59 Å². The molecule has 0 heterocycles. The van der Waals surface area contributed by atoms with Crippen molar-refractivity contribution in [1.29, 1.82) is 0 Å². The van der Waals surface area contributed by atoms with Crippen LogP contribution in [-0.2, 0) is 9.59 Å². The molecule has 0 aromatic carbocycles. The maximum absolute atomic E-state index is 11.9. The third-order valence-electron chi connectivity index (χ3n) is 10.2. The Labute approximate surface area is 304 Å². The first-order valence-electron chi connectivity index (χ1n) is 22.7. The monoisotopic (exact) mass is 677 g/mol. The Morgan fingerprint density at radius 3 is 0.479 bits per heavy atom. The fourth-order valence-electron chi connectivity index (χ4n) is 6.78. The molecule has 0 aromatic heterocycles. The summed E-state index contributed by atoms with van der Waals surface area (Å²) in [5.41, 5.74) is 0. The van der Waals surface area contributed by atoms with E-state index in [1.165, 1.54) is 205 Å². The Kier molecular flexibility index (Phi) is 47.7. The summed E-state index contributed by atoms with van der Waals surface area (Å²) in [5, 5.41) is 0. The fourth-order valence-corrected chi connectivity index (χ4v) is 6.78. The molecule has 0 atom stereocenters. The van der Waals surface area contributed by atoms with Crippen LogP contribution in [0.2, 0.25) is 0 Å². The summed E-state index contributed by atoms with van der Waals surface area (Å²) in [6.45, 7) is 9.08. The highest BCUT2D eigenvalue weighted by atomic mass is 16.1. The van der Waals surface area contributed by atoms with Crippen molar-refractivity contribution >= 4 is 11.6 Å². The Morgan fingerprint density at radius 2 is 0.333 bits per heavy atom. The maximum Gasteiger partial charge on any atom is 0.132 e. The molecule has 0 rings (SSSR count). The molecular formula is C46H92O2. The number of carbonyl (C=O) groups is 2. The molecule has 0 unspecified atom stereocenters. The number of rotatable bonds is 40. The van der Waals surface area contributed by atoms with E-state index in [2.05, 4.69) is 27.7 Å². The minimum Gasteiger partial charge on any atom is -0.300 e. The van der Waals surface area contributed by atoms with E-state index in [-0.39, 0.29) is 0 Å². The molecule has 2 nitrogen and oxygen atoms in total. The minimum absolute atomic E-state index is 0.515. The second-order valence-corrected chi connectivity index (χ2v) is 15.4. The molecule has 0 aliphatic rings. The first-order chi connectivity index (χ1) is 23.6. The van der Waals surface area contributed by atoms with Crippen LogP contribution in [0.1, 0.15) is 285 Å². The molecule has 0 amide bonds. The Balaban J connectivity index is 0. The first-order valence-corrected chi connectivity index (χ1v) is 22.7. The molecule has 0 spiro atoms. The van der Waals surface area contributed by atoms with Gasteiger partial charge in [0.15, 0.2) is 0 Å². The Hall–Kier alpha value is -0.660. The second kappa shape index (κ2) is 46.3. The molecule has 0 fully saturated rings. The van der Waals surface area contributed by atoms with E-state index < -0.39 is 0 Å². The van der Waals surface area contributed by atoms with Gasteiger partial charge < -0.3 is 0 Å². The molecule has 288 valence electrons. The summed E-state index contributed by atoms with van der Waals surface area (Å²) in [6, 6.07) is 0. The molecule has 0 aliphatic carbocycles. The average Bonchev–Trinajstić information content (AvgIpc) is 3.09. The highest BCUT2D eigenvalue weighted by molar-refractivity contribution is 5.78. The van der Waals surface area contributed by atoms with Crippen LogP contribution in [0, 0.1) is 0 Å². The summed E-state index contributed by atoms with van der Waals surface area (Å²) in [5.74, 6) is 1.03. The van der Waals surface area contributed by atoms with Gasteiger partial charge in [0, 0.05) is 25.7 Å². The highest BCUT2D eigenvalue weighted by Crippen LogP contribution is 2.15. The molecule has 0 N–H and O–H groups in total. The number of carbonyl (C=O) groups excluding carboxylic acids is 2. The molecule has 0 saturated heterocycles. The van der Waals surface area contributed by atoms with Crippen LogP contribution in [0.25, 0.3) is 0 Å². The Morgan fingerprint density at radius 1 is 0.208 bits per heavy atom. The van der Waals surface area contributed by atoms with E-state index in [0.29, 0.717) is 11.6 Å². The van der Waals surface area contributed by atoms with Gasteiger partial charge in [-0.25, -0.2) is 0 Å². The number of ketones is 2. The van der Waals surface area contributed by atoms with Crippen molar-refractivity contribution in [1.82, 2.24) is 0 Å². The number of unbranched alkanes of at least 4 members (excludes halogenated alkanes) is 32. The van der Waals surface area contributed by atoms with Gasteiger partial charge in [-0.15, -0.1) is 0 Å². The van der Waals surface area contributed by atoms with E-state index in [1.807, 2.05) is 0 Å². The van der Waals surface area contributed by atoms with Gasteiger partial charge in [0.25, 0.3) is 0 Å². The van der Waals surface area contributed by atoms with Crippen molar-refractivity contribution in [3.05, 3.63) is 0 Å². The quantitative estimate of drug-likeness (QED) is 0.0605. The summed E-state index contributed by atoms with van der Waals surface area (Å²) >= 11 is 0. The average molecular weight is 677 g/mol. The molecule has 0 saturated carbocycles. The number of Topliss-reactive ketones (excluding diaryl/α,β-unsaturated/α-hetero) is 2. The van der Waals surface area contributed by atoms with Gasteiger partial charge >= 0.3 is 0 Å². The Bertz CT molecular complexity index is 497. The summed E-state index contributed by atoms with van der Waals surface area (Å²) in [6.07, 6.45) is 51.5. The molecule has 0 aliphatic heterocycles. The zero-order chi connectivity index (χ0) is 35.4. The molecule has 0 bridgehead atoms. The van der Waals surface area contributed by atoms with Crippen LogP contribution >= 0.6 is 0 Å². The van der Waals surface area contributed by atoms with Crippen molar-refractivity contribution in [2.24, 2.45) is 0 Å². The van der Waals surface area contributed by atoms with Crippen molar-refractivity contribution in [3.8, 4) is 0 Å². The van der Waals surface area contributed by atoms with Crippen LogP contribution in [-0.4, -0.2) is 11.6 Å². The highest BCUT2D eigenvalue weighted by Gasteiger charge is 2.03. The van der Waals surface area contributed by atoms with Crippen LogP contribution in [0.15, 0.2) is 0 Å². The lowest BCUT2D eigenvalue weighted by Gasteiger charge is -2.03. The van der Waals surface area contributed by atoms with Crippen LogP contribution < -0.4 is 0 Å². The van der Waals surface area contributed by atoms with Gasteiger partial charge in [0.2, 0.25) is 0 Å². The lowest BCUT2D eigenvalue weighted by atomic mass is 10.0. The van der Waals surface area contributed by atoms with Gasteiger partial charge in [-0.2, -0.15) is 0 Å². The third-order valence-corrected chi connectivity index (χ3v) is 10.2. The standard InChI is InChI=1S/2C23H46O/c2*1-3-5-7-9-11-13-15-17-19-21-23(24)22-20-18-16-14-12-10-8-6-4-2/h2*3-22H2,1-2H3. The van der Waals surface area contributed by atoms with E-state index in [1.54, 1.807) is 0 Å². The van der Waals surface area contributed by atoms with Crippen molar-refractivity contribution in [2.75, 3.05) is 0 Å². The predicted molar refractivity (Wildman–Crippen MR) is 217 cm³/mol. The second-order valence-electron chi connectivity index (χ2n) is 15.4. The largest absolute Gasteiger partial charge is 0.300 e. The normalized spacial score (nSPS) is 11.1. The summed E-state index contributed by atoms with van der Waals surface area (Å²) in [7, 11) is 0. The fraction of sp³-hybridized carbons (Fsp3) is 0.957. The van der Waals surface area contributed by atoms with Gasteiger partial charge in [0.1, 0.15) is 11.6 Å². The number of hydrogen-bond donors (Lipinski definition) is 0. The molecule has 0 radical (unpaired) electrons. The maximum atomic E-state index is 11.9. The first kappa shape index (κ1) is 49.5. The molecular weight excluding hydrogens is 585 g/mol. The third kappa shape index (κ3) is 47.5. The smallest absolute Gasteiger partial charge is 0.132 e. The van der Waals surface area contributed by atoms with E-state index >= 15 is 0 Å². The van der Waals surface area contributed by atoms with Gasteiger partial charge in [-0.05, 0) is 25.7 Å². The zero-order valence-electron chi connectivity index (χ0n) is 34.1. The van der Waals surface area contributed by atoms with E-state index in [4.69, 9.17) is 0 Å². The van der Waals surface area contributed by atoms with Crippen molar-refractivity contribution < 1.29 is 9.59 Å². The minimum atomic E-state index is 0.515. The molecule has 2 heteroatoms. The van der Waals surface area contributed by atoms with Gasteiger partial charge in [0.05, 0.1) is 0 Å². The SMILES string of the molecule is CCCCCCCCCCCC(=O)CCCCCCCCCCC.CCCCCCCCCCCC(=O)CCCCCCCCCCC. The van der Waals surface area contributed by atoms with Crippen molar-refractivity contribution in [2.45, 2.75) is 285 Å². The lowest BCUT2D eigenvalue weighted by Crippen LogP contribution is -1.97.